The Labute approximate surface area is 237 Å². The zero-order valence-corrected chi connectivity index (χ0v) is 22.6. The molecule has 11 heteroatoms. The Bertz CT molecular complexity index is 1800. The van der Waals surface area contributed by atoms with Gasteiger partial charge < -0.3 is 27.2 Å². The van der Waals surface area contributed by atoms with Gasteiger partial charge in [0.2, 0.25) is 0 Å². The lowest BCUT2D eigenvalue weighted by molar-refractivity contribution is 0.102. The molecule has 10 nitrogen and oxygen atoms in total. The van der Waals surface area contributed by atoms with Crippen LogP contribution in [-0.2, 0) is 6.54 Å². The predicted octanol–water partition coefficient (Wildman–Crippen LogP) is 4.96. The van der Waals surface area contributed by atoms with Gasteiger partial charge in [0.25, 0.3) is 5.91 Å². The number of nitrogens with one attached hydrogen (secondary N) is 1. The van der Waals surface area contributed by atoms with E-state index in [1.807, 2.05) is 54.6 Å². The summed E-state index contributed by atoms with van der Waals surface area (Å²) in [5, 5.41) is 32.4. The normalized spacial score (nSPS) is 12.0. The molecule has 0 radical (unpaired) electrons. The van der Waals surface area contributed by atoms with Crippen molar-refractivity contribution in [3.63, 3.8) is 0 Å². The molecule has 1 amide bonds. The van der Waals surface area contributed by atoms with Crippen LogP contribution < -0.4 is 16.8 Å². The highest BCUT2D eigenvalue weighted by atomic mass is 79.9. The summed E-state index contributed by atoms with van der Waals surface area (Å²) in [6.07, 6.45) is 0. The molecule has 0 bridgehead atoms. The summed E-state index contributed by atoms with van der Waals surface area (Å²) in [6, 6.07) is 27.6. The number of nitrogens with two attached hydrogens (primary N) is 2. The molecule has 0 atom stereocenters. The van der Waals surface area contributed by atoms with Gasteiger partial charge in [-0.05, 0) is 59.2 Å². The molecule has 0 saturated carbocycles. The van der Waals surface area contributed by atoms with Crippen molar-refractivity contribution in [2.24, 2.45) is 21.8 Å². The van der Waals surface area contributed by atoms with Crippen molar-refractivity contribution in [1.29, 1.82) is 0 Å². The molecule has 1 heterocycles. The quantitative estimate of drug-likeness (QED) is 0.0770. The molecule has 5 aromatic rings. The minimum Gasteiger partial charge on any atom is -0.409 e. The van der Waals surface area contributed by atoms with E-state index in [2.05, 4.69) is 31.6 Å². The number of hydrogen-bond donors (Lipinski definition) is 5. The van der Waals surface area contributed by atoms with Crippen LogP contribution in [0.3, 0.4) is 0 Å². The van der Waals surface area contributed by atoms with Crippen molar-refractivity contribution < 1.29 is 15.2 Å². The first-order valence-corrected chi connectivity index (χ1v) is 12.9. The summed E-state index contributed by atoms with van der Waals surface area (Å²) >= 11 is 3.51. The second-order valence-corrected chi connectivity index (χ2v) is 9.87. The molecule has 40 heavy (non-hydrogen) atoms. The molecular formula is C29H24BrN7O3. The van der Waals surface area contributed by atoms with Crippen LogP contribution in [0.5, 0.6) is 0 Å². The summed E-state index contributed by atoms with van der Waals surface area (Å²) in [7, 11) is 0. The lowest BCUT2D eigenvalue weighted by atomic mass is 10.0. The molecule has 4 aromatic carbocycles. The predicted molar refractivity (Wildman–Crippen MR) is 158 cm³/mol. The van der Waals surface area contributed by atoms with E-state index in [1.54, 1.807) is 41.1 Å². The zero-order chi connectivity index (χ0) is 28.2. The van der Waals surface area contributed by atoms with Crippen molar-refractivity contribution >= 4 is 50.1 Å². The van der Waals surface area contributed by atoms with Crippen LogP contribution >= 0.6 is 15.9 Å². The summed E-state index contributed by atoms with van der Waals surface area (Å²) in [4.78, 5) is 13.6. The van der Waals surface area contributed by atoms with Crippen LogP contribution in [-0.4, -0.2) is 37.8 Å². The Morgan fingerprint density at radius 1 is 0.850 bits per heavy atom. The number of carbonyl (C=O) groups is 1. The summed E-state index contributed by atoms with van der Waals surface area (Å²) < 4.78 is 2.73. The third kappa shape index (κ3) is 5.49. The van der Waals surface area contributed by atoms with Crippen molar-refractivity contribution in [2.45, 2.75) is 6.54 Å². The van der Waals surface area contributed by atoms with E-state index >= 15 is 0 Å². The fourth-order valence-electron chi connectivity index (χ4n) is 4.38. The summed E-state index contributed by atoms with van der Waals surface area (Å²) in [5.74, 6) is -0.491. The van der Waals surface area contributed by atoms with Crippen molar-refractivity contribution in [1.82, 2.24) is 9.78 Å². The number of rotatable bonds is 7. The highest BCUT2D eigenvalue weighted by molar-refractivity contribution is 9.10. The van der Waals surface area contributed by atoms with Crippen molar-refractivity contribution in [2.75, 3.05) is 5.32 Å². The monoisotopic (exact) mass is 597 g/mol. The van der Waals surface area contributed by atoms with E-state index in [0.29, 0.717) is 28.7 Å². The highest BCUT2D eigenvalue weighted by Gasteiger charge is 2.19. The number of nitrogens with zero attached hydrogens (tertiary/aromatic N) is 4. The Morgan fingerprint density at radius 3 is 2.25 bits per heavy atom. The number of oxime groups is 2. The van der Waals surface area contributed by atoms with Crippen molar-refractivity contribution in [3.05, 3.63) is 118 Å². The Balaban J connectivity index is 1.59. The standard InChI is InChI=1S/C29H24BrN7O3/c30-22-8-1-4-17(12-22)16-37-25-11-10-19(18-5-2-6-20(13-18)27(31)35-39)15-24(25)26(34-37)29(38)33-23-9-3-7-21(14-23)28(32)36-40/h1-15,39-40H,16H2,(H2,31,35)(H2,32,36)(H,33,38). The molecule has 5 rings (SSSR count). The Kier molecular flexibility index (Phi) is 7.47. The van der Waals surface area contributed by atoms with Crippen LogP contribution in [0.4, 0.5) is 5.69 Å². The molecule has 0 aliphatic carbocycles. The maximum atomic E-state index is 13.6. The molecule has 0 aliphatic heterocycles. The second kappa shape index (κ2) is 11.3. The van der Waals surface area contributed by atoms with E-state index in [-0.39, 0.29) is 17.4 Å². The first-order chi connectivity index (χ1) is 19.4. The zero-order valence-electron chi connectivity index (χ0n) is 21.0. The fraction of sp³-hybridized carbons (Fsp3) is 0.0345. The minimum absolute atomic E-state index is 0.000976. The van der Waals surface area contributed by atoms with Gasteiger partial charge >= 0.3 is 0 Å². The van der Waals surface area contributed by atoms with E-state index < -0.39 is 5.91 Å². The van der Waals surface area contributed by atoms with Crippen LogP contribution in [0.25, 0.3) is 22.0 Å². The maximum Gasteiger partial charge on any atom is 0.276 e. The summed E-state index contributed by atoms with van der Waals surface area (Å²) in [6.45, 7) is 0.445. The third-order valence-electron chi connectivity index (χ3n) is 6.31. The number of anilines is 1. The second-order valence-electron chi connectivity index (χ2n) is 8.95. The lowest BCUT2D eigenvalue weighted by Crippen LogP contribution is -2.16. The number of amides is 1. The van der Waals surface area contributed by atoms with Gasteiger partial charge in [0.05, 0.1) is 12.1 Å². The van der Waals surface area contributed by atoms with Gasteiger partial charge in [0.15, 0.2) is 17.4 Å². The first kappa shape index (κ1) is 26.4. The number of hydrogen-bond acceptors (Lipinski definition) is 6. The summed E-state index contributed by atoms with van der Waals surface area (Å²) in [5.41, 5.74) is 16.7. The molecule has 200 valence electrons. The number of halogens is 1. The Hall–Kier alpha value is -5.16. The molecule has 0 unspecified atom stereocenters. The van der Waals surface area contributed by atoms with E-state index in [4.69, 9.17) is 27.0 Å². The number of fused-ring (bicyclic) bond motifs is 1. The van der Waals surface area contributed by atoms with Gasteiger partial charge in [-0.25, -0.2) is 0 Å². The van der Waals surface area contributed by atoms with Crippen molar-refractivity contribution in [3.8, 4) is 11.1 Å². The van der Waals surface area contributed by atoms with Crippen LogP contribution in [0.1, 0.15) is 27.2 Å². The number of amidine groups is 2. The van der Waals surface area contributed by atoms with Gasteiger partial charge in [-0.3, -0.25) is 9.48 Å². The minimum atomic E-state index is -0.419. The average Bonchev–Trinajstić information content (AvgIpc) is 3.34. The lowest BCUT2D eigenvalue weighted by Gasteiger charge is -2.07. The SMILES string of the molecule is N/C(=N\O)c1cccc(NC(=O)c2nn(Cc3cccc(Br)c3)c3ccc(-c4cccc(/C(N)=N/O)c4)cc23)c1. The molecule has 0 aliphatic rings. The molecule has 1 aromatic heterocycles. The largest absolute Gasteiger partial charge is 0.409 e. The van der Waals surface area contributed by atoms with Crippen LogP contribution in [0.2, 0.25) is 0 Å². The third-order valence-corrected chi connectivity index (χ3v) is 6.80. The van der Waals surface area contributed by atoms with Gasteiger partial charge in [0, 0.05) is 26.7 Å². The smallest absolute Gasteiger partial charge is 0.276 e. The van der Waals surface area contributed by atoms with Gasteiger partial charge in [-0.15, -0.1) is 0 Å². The van der Waals surface area contributed by atoms with Gasteiger partial charge in [-0.2, -0.15) is 5.10 Å². The van der Waals surface area contributed by atoms with Gasteiger partial charge in [-0.1, -0.05) is 74.8 Å². The maximum absolute atomic E-state index is 13.6. The average molecular weight is 598 g/mol. The van der Waals surface area contributed by atoms with Crippen LogP contribution in [0, 0.1) is 0 Å². The molecule has 0 spiro atoms. The number of benzene rings is 4. The van der Waals surface area contributed by atoms with E-state index in [1.165, 1.54) is 0 Å². The number of carbonyl (C=O) groups excluding carboxylic acids is 1. The molecule has 0 saturated heterocycles. The highest BCUT2D eigenvalue weighted by Crippen LogP contribution is 2.29. The molecular weight excluding hydrogens is 574 g/mol. The van der Waals surface area contributed by atoms with Gasteiger partial charge in [0.1, 0.15) is 0 Å². The van der Waals surface area contributed by atoms with E-state index in [0.717, 1.165) is 26.7 Å². The first-order valence-electron chi connectivity index (χ1n) is 12.1. The number of aromatic nitrogens is 2. The fourth-order valence-corrected chi connectivity index (χ4v) is 4.82. The Morgan fingerprint density at radius 2 is 1.52 bits per heavy atom. The van der Waals surface area contributed by atoms with Crippen LogP contribution in [0.15, 0.2) is 106 Å². The topological polar surface area (TPSA) is 164 Å². The molecule has 7 N–H and O–H groups in total. The van der Waals surface area contributed by atoms with E-state index in [9.17, 15) is 4.79 Å². The molecule has 0 fully saturated rings.